The molecule has 0 bridgehead atoms. The number of halogens is 2. The molecule has 20 heavy (non-hydrogen) atoms. The zero-order chi connectivity index (χ0) is 14.4. The van der Waals surface area contributed by atoms with Crippen LogP contribution in [0.4, 0.5) is 4.39 Å². The smallest absolute Gasteiger partial charge is 0.119 e. The van der Waals surface area contributed by atoms with E-state index in [4.69, 9.17) is 4.74 Å². The number of ether oxygens (including phenoxy) is 1. The second-order valence-corrected chi connectivity index (χ2v) is 6.33. The summed E-state index contributed by atoms with van der Waals surface area (Å²) >= 11 is 3.41. The molecule has 0 radical (unpaired) electrons. The van der Waals surface area contributed by atoms with Crippen LogP contribution in [0.3, 0.4) is 0 Å². The lowest BCUT2D eigenvalue weighted by atomic mass is 10.0. The zero-order valence-electron chi connectivity index (χ0n) is 12.0. The number of benzene rings is 1. The molecule has 0 saturated carbocycles. The van der Waals surface area contributed by atoms with Gasteiger partial charge in [0.1, 0.15) is 18.5 Å². The monoisotopic (exact) mass is 343 g/mol. The highest BCUT2D eigenvalue weighted by Gasteiger charge is 2.24. The van der Waals surface area contributed by atoms with Crippen molar-refractivity contribution in [3.63, 3.8) is 0 Å². The molecule has 0 amide bonds. The van der Waals surface area contributed by atoms with Gasteiger partial charge in [0, 0.05) is 17.1 Å². The number of hydrogen-bond acceptors (Lipinski definition) is 2. The van der Waals surface area contributed by atoms with Crippen molar-refractivity contribution >= 4 is 15.9 Å². The molecular formula is C16H23BrFNO. The van der Waals surface area contributed by atoms with Crippen LogP contribution >= 0.6 is 15.9 Å². The maximum Gasteiger partial charge on any atom is 0.119 e. The van der Waals surface area contributed by atoms with E-state index >= 15 is 0 Å². The Morgan fingerprint density at radius 2 is 2.10 bits per heavy atom. The summed E-state index contributed by atoms with van der Waals surface area (Å²) in [7, 11) is 0. The van der Waals surface area contributed by atoms with E-state index < -0.39 is 6.17 Å². The average molecular weight is 344 g/mol. The van der Waals surface area contributed by atoms with Crippen LogP contribution in [0.2, 0.25) is 0 Å². The quantitative estimate of drug-likeness (QED) is 0.757. The van der Waals surface area contributed by atoms with Gasteiger partial charge < -0.3 is 4.74 Å². The van der Waals surface area contributed by atoms with Gasteiger partial charge >= 0.3 is 0 Å². The minimum atomic E-state index is -0.719. The van der Waals surface area contributed by atoms with Gasteiger partial charge in [-0.1, -0.05) is 29.3 Å². The van der Waals surface area contributed by atoms with E-state index in [9.17, 15) is 4.39 Å². The van der Waals surface area contributed by atoms with Gasteiger partial charge in [-0.05, 0) is 50.1 Å². The average Bonchev–Trinajstić information content (AvgIpc) is 2.48. The van der Waals surface area contributed by atoms with Gasteiger partial charge in [0.15, 0.2) is 0 Å². The molecule has 0 spiro atoms. The van der Waals surface area contributed by atoms with Crippen molar-refractivity contribution in [1.82, 2.24) is 4.90 Å². The predicted octanol–water partition coefficient (Wildman–Crippen LogP) is 4.43. The van der Waals surface area contributed by atoms with Crippen LogP contribution in [0.25, 0.3) is 0 Å². The zero-order valence-corrected chi connectivity index (χ0v) is 13.6. The molecule has 1 saturated heterocycles. The van der Waals surface area contributed by atoms with E-state index in [1.54, 1.807) is 0 Å². The van der Waals surface area contributed by atoms with E-state index in [1.807, 2.05) is 31.2 Å². The third kappa shape index (κ3) is 4.74. The van der Waals surface area contributed by atoms with Crippen LogP contribution in [-0.2, 0) is 0 Å². The lowest BCUT2D eigenvalue weighted by molar-refractivity contribution is 0.0741. The Bertz CT molecular complexity index is 398. The van der Waals surface area contributed by atoms with Crippen LogP contribution in [0.5, 0.6) is 5.75 Å². The fraction of sp³-hybridized carbons (Fsp3) is 0.625. The number of nitrogens with zero attached hydrogens (tertiary/aromatic N) is 1. The number of likely N-dealkylation sites (tertiary alicyclic amines) is 1. The number of alkyl halides is 1. The van der Waals surface area contributed by atoms with Crippen LogP contribution in [0.15, 0.2) is 28.7 Å². The molecule has 2 atom stereocenters. The van der Waals surface area contributed by atoms with E-state index in [0.717, 1.165) is 23.2 Å². The van der Waals surface area contributed by atoms with E-state index in [1.165, 1.54) is 12.8 Å². The Morgan fingerprint density at radius 3 is 2.80 bits per heavy atom. The number of hydrogen-bond donors (Lipinski definition) is 0. The maximum absolute atomic E-state index is 13.6. The minimum Gasteiger partial charge on any atom is -0.492 e. The summed E-state index contributed by atoms with van der Waals surface area (Å²) in [5.41, 5.74) is 0. The lowest BCUT2D eigenvalue weighted by Gasteiger charge is -2.36. The number of rotatable bonds is 6. The third-order valence-corrected chi connectivity index (χ3v) is 4.41. The summed E-state index contributed by atoms with van der Waals surface area (Å²) in [6.45, 7) is 4.10. The highest BCUT2D eigenvalue weighted by molar-refractivity contribution is 9.10. The summed E-state index contributed by atoms with van der Waals surface area (Å²) in [4.78, 5) is 2.26. The van der Waals surface area contributed by atoms with E-state index in [2.05, 4.69) is 20.8 Å². The molecule has 1 aliphatic heterocycles. The highest BCUT2D eigenvalue weighted by Crippen LogP contribution is 2.21. The summed E-state index contributed by atoms with van der Waals surface area (Å²) < 4.78 is 20.5. The molecule has 0 N–H and O–H groups in total. The molecule has 2 rings (SSSR count). The lowest BCUT2D eigenvalue weighted by Crippen LogP contribution is -2.45. The van der Waals surface area contributed by atoms with Gasteiger partial charge in [0.25, 0.3) is 0 Å². The summed E-state index contributed by atoms with van der Waals surface area (Å²) in [5, 5.41) is 0. The molecule has 112 valence electrons. The van der Waals surface area contributed by atoms with Crippen molar-refractivity contribution in [1.29, 1.82) is 0 Å². The SMILES string of the molecule is CCC(F)CN1CCCCC1COc1ccc(Br)cc1. The summed E-state index contributed by atoms with van der Waals surface area (Å²) in [6, 6.07) is 8.21. The van der Waals surface area contributed by atoms with Gasteiger partial charge in [-0.15, -0.1) is 0 Å². The van der Waals surface area contributed by atoms with Crippen LogP contribution < -0.4 is 4.74 Å². The maximum atomic E-state index is 13.6. The minimum absolute atomic E-state index is 0.345. The molecule has 2 nitrogen and oxygen atoms in total. The molecule has 4 heteroatoms. The second kappa shape index (κ2) is 7.99. The molecule has 1 heterocycles. The molecule has 1 aromatic carbocycles. The Hall–Kier alpha value is -0.610. The normalized spacial score (nSPS) is 21.6. The van der Waals surface area contributed by atoms with Gasteiger partial charge in [-0.25, -0.2) is 4.39 Å². The van der Waals surface area contributed by atoms with Crippen molar-refractivity contribution in [3.05, 3.63) is 28.7 Å². The summed E-state index contributed by atoms with van der Waals surface area (Å²) in [5.74, 6) is 0.881. The van der Waals surface area contributed by atoms with Gasteiger partial charge in [-0.2, -0.15) is 0 Å². The topological polar surface area (TPSA) is 12.5 Å². The van der Waals surface area contributed by atoms with Crippen LogP contribution in [0.1, 0.15) is 32.6 Å². The largest absolute Gasteiger partial charge is 0.492 e. The highest BCUT2D eigenvalue weighted by atomic mass is 79.9. The second-order valence-electron chi connectivity index (χ2n) is 5.41. The first kappa shape index (κ1) is 15.8. The molecule has 1 aromatic rings. The molecular weight excluding hydrogens is 321 g/mol. The fourth-order valence-corrected chi connectivity index (χ4v) is 2.86. The van der Waals surface area contributed by atoms with Gasteiger partial charge in [0.05, 0.1) is 0 Å². The van der Waals surface area contributed by atoms with E-state index in [0.29, 0.717) is 25.6 Å². The molecule has 0 aromatic heterocycles. The molecule has 1 fully saturated rings. The Balaban J connectivity index is 1.86. The Kier molecular flexibility index (Phi) is 6.30. The van der Waals surface area contributed by atoms with Crippen LogP contribution in [-0.4, -0.2) is 36.8 Å². The van der Waals surface area contributed by atoms with Crippen molar-refractivity contribution in [3.8, 4) is 5.75 Å². The van der Waals surface area contributed by atoms with Crippen molar-refractivity contribution in [2.75, 3.05) is 19.7 Å². The van der Waals surface area contributed by atoms with Crippen molar-refractivity contribution in [2.24, 2.45) is 0 Å². The third-order valence-electron chi connectivity index (χ3n) is 3.88. The van der Waals surface area contributed by atoms with Gasteiger partial charge in [0.2, 0.25) is 0 Å². The fourth-order valence-electron chi connectivity index (χ4n) is 2.60. The van der Waals surface area contributed by atoms with Crippen LogP contribution in [0, 0.1) is 0 Å². The first-order chi connectivity index (χ1) is 9.69. The van der Waals surface area contributed by atoms with Crippen molar-refractivity contribution in [2.45, 2.75) is 44.8 Å². The summed E-state index contributed by atoms with van der Waals surface area (Å²) in [6.07, 6.45) is 3.37. The molecule has 0 aliphatic carbocycles. The van der Waals surface area contributed by atoms with E-state index in [-0.39, 0.29) is 0 Å². The molecule has 2 unspecified atom stereocenters. The number of piperidine rings is 1. The Labute approximate surface area is 129 Å². The Morgan fingerprint density at radius 1 is 1.35 bits per heavy atom. The first-order valence-corrected chi connectivity index (χ1v) is 8.25. The first-order valence-electron chi connectivity index (χ1n) is 7.45. The molecule has 1 aliphatic rings. The van der Waals surface area contributed by atoms with Gasteiger partial charge in [-0.3, -0.25) is 4.90 Å². The standard InChI is InChI=1S/C16H23BrFNO/c1-2-14(18)11-19-10-4-3-5-15(19)12-20-16-8-6-13(17)7-9-16/h6-9,14-15H,2-5,10-12H2,1H3. The predicted molar refractivity (Wildman–Crippen MR) is 84.0 cm³/mol. The van der Waals surface area contributed by atoms with Crippen molar-refractivity contribution < 1.29 is 9.13 Å².